The number of nitrogens with one attached hydrogen (secondary N) is 1. The molecule has 2 saturated heterocycles. The molecule has 3 rings (SSSR count). The molecule has 2 fully saturated rings. The van der Waals surface area contributed by atoms with Gasteiger partial charge >= 0.3 is 0 Å². The number of carbonyl (C=O) groups is 1. The highest BCUT2D eigenvalue weighted by atomic mass is 32.1. The van der Waals surface area contributed by atoms with E-state index in [0.29, 0.717) is 12.6 Å². The van der Waals surface area contributed by atoms with E-state index in [-0.39, 0.29) is 11.9 Å². The first-order valence-electron chi connectivity index (χ1n) is 9.25. The van der Waals surface area contributed by atoms with Crippen molar-refractivity contribution in [3.8, 4) is 0 Å². The van der Waals surface area contributed by atoms with Gasteiger partial charge in [0.05, 0.1) is 23.3 Å². The molecule has 2 aliphatic heterocycles. The Morgan fingerprint density at radius 3 is 2.75 bits per heavy atom. The van der Waals surface area contributed by atoms with Crippen LogP contribution in [-0.4, -0.2) is 59.5 Å². The van der Waals surface area contributed by atoms with Gasteiger partial charge in [0.2, 0.25) is 5.91 Å². The lowest BCUT2D eigenvalue weighted by atomic mass is 10.0. The number of amides is 1. The molecule has 1 N–H and O–H groups in total. The van der Waals surface area contributed by atoms with Gasteiger partial charge in [-0.25, -0.2) is 4.98 Å². The van der Waals surface area contributed by atoms with Crippen LogP contribution in [0.5, 0.6) is 0 Å². The van der Waals surface area contributed by atoms with E-state index in [1.165, 1.54) is 17.7 Å². The van der Waals surface area contributed by atoms with Crippen molar-refractivity contribution in [3.63, 3.8) is 0 Å². The molecule has 0 saturated carbocycles. The molecule has 2 aliphatic rings. The molecular formula is C18H30N4OS. The van der Waals surface area contributed by atoms with Gasteiger partial charge in [-0.3, -0.25) is 9.69 Å². The van der Waals surface area contributed by atoms with Crippen molar-refractivity contribution in [3.05, 3.63) is 15.6 Å². The molecule has 1 amide bonds. The summed E-state index contributed by atoms with van der Waals surface area (Å²) in [5, 5.41) is 4.27. The van der Waals surface area contributed by atoms with Crippen LogP contribution in [0, 0.1) is 6.92 Å². The number of aryl methyl sites for hydroxylation is 2. The molecule has 0 unspecified atom stereocenters. The molecule has 0 bridgehead atoms. The lowest BCUT2D eigenvalue weighted by Crippen LogP contribution is -2.50. The lowest BCUT2D eigenvalue weighted by Gasteiger charge is -2.37. The number of hydrogen-bond donors (Lipinski definition) is 1. The molecule has 24 heavy (non-hydrogen) atoms. The SMILES string of the molecule is CCc1nc(C)sc1CNC(=O)[C@@H]1CCCN1C1CCN(C)CC1. The average Bonchev–Trinajstić information content (AvgIpc) is 3.19. The summed E-state index contributed by atoms with van der Waals surface area (Å²) < 4.78 is 0. The minimum absolute atomic E-state index is 0.0671. The van der Waals surface area contributed by atoms with Gasteiger partial charge in [0, 0.05) is 10.9 Å². The van der Waals surface area contributed by atoms with E-state index in [9.17, 15) is 4.79 Å². The maximum absolute atomic E-state index is 12.8. The smallest absolute Gasteiger partial charge is 0.237 e. The molecule has 1 aromatic rings. The van der Waals surface area contributed by atoms with E-state index < -0.39 is 0 Å². The Balaban J connectivity index is 1.57. The topological polar surface area (TPSA) is 48.5 Å². The van der Waals surface area contributed by atoms with Crippen LogP contribution in [0.2, 0.25) is 0 Å². The van der Waals surface area contributed by atoms with Gasteiger partial charge < -0.3 is 10.2 Å². The Hall–Kier alpha value is -0.980. The minimum Gasteiger partial charge on any atom is -0.350 e. The van der Waals surface area contributed by atoms with E-state index in [1.807, 2.05) is 6.92 Å². The zero-order valence-corrected chi connectivity index (χ0v) is 16.0. The molecule has 0 aliphatic carbocycles. The number of likely N-dealkylation sites (tertiary alicyclic amines) is 2. The van der Waals surface area contributed by atoms with Gasteiger partial charge in [0.1, 0.15) is 0 Å². The molecule has 5 nitrogen and oxygen atoms in total. The van der Waals surface area contributed by atoms with Crippen LogP contribution in [0.3, 0.4) is 0 Å². The van der Waals surface area contributed by atoms with Gasteiger partial charge in [-0.1, -0.05) is 6.92 Å². The van der Waals surface area contributed by atoms with Crippen molar-refractivity contribution >= 4 is 17.2 Å². The van der Waals surface area contributed by atoms with Crippen molar-refractivity contribution < 1.29 is 4.79 Å². The second-order valence-corrected chi connectivity index (χ2v) is 8.39. The predicted octanol–water partition coefficient (Wildman–Crippen LogP) is 2.19. The fraction of sp³-hybridized carbons (Fsp3) is 0.778. The summed E-state index contributed by atoms with van der Waals surface area (Å²) in [7, 11) is 2.19. The molecule has 6 heteroatoms. The quantitative estimate of drug-likeness (QED) is 0.884. The fourth-order valence-electron chi connectivity index (χ4n) is 4.05. The second-order valence-electron chi connectivity index (χ2n) is 7.10. The van der Waals surface area contributed by atoms with E-state index in [4.69, 9.17) is 0 Å². The normalized spacial score (nSPS) is 23.7. The van der Waals surface area contributed by atoms with Crippen LogP contribution in [0.4, 0.5) is 0 Å². The fourth-order valence-corrected chi connectivity index (χ4v) is 5.01. The number of aromatic nitrogens is 1. The van der Waals surface area contributed by atoms with Gasteiger partial charge in [-0.15, -0.1) is 11.3 Å². The van der Waals surface area contributed by atoms with E-state index >= 15 is 0 Å². The summed E-state index contributed by atoms with van der Waals surface area (Å²) in [6, 6.07) is 0.647. The molecule has 134 valence electrons. The third kappa shape index (κ3) is 3.98. The van der Waals surface area contributed by atoms with E-state index in [1.54, 1.807) is 11.3 Å². The molecule has 3 heterocycles. The average molecular weight is 351 g/mol. The van der Waals surface area contributed by atoms with Gasteiger partial charge in [0.25, 0.3) is 0 Å². The number of piperidine rings is 1. The van der Waals surface area contributed by atoms with Crippen LogP contribution in [0.25, 0.3) is 0 Å². The predicted molar refractivity (Wildman–Crippen MR) is 98.3 cm³/mol. The Kier molecular flexibility index (Phi) is 5.89. The summed E-state index contributed by atoms with van der Waals surface area (Å²) in [5.41, 5.74) is 1.14. The Morgan fingerprint density at radius 2 is 2.04 bits per heavy atom. The number of rotatable bonds is 5. The van der Waals surface area contributed by atoms with Gasteiger partial charge in [0.15, 0.2) is 0 Å². The summed E-state index contributed by atoms with van der Waals surface area (Å²) in [6.07, 6.45) is 5.45. The lowest BCUT2D eigenvalue weighted by molar-refractivity contribution is -0.126. The van der Waals surface area contributed by atoms with Crippen LogP contribution in [0.15, 0.2) is 0 Å². The summed E-state index contributed by atoms with van der Waals surface area (Å²) in [6.45, 7) is 8.16. The van der Waals surface area contributed by atoms with Crippen LogP contribution in [-0.2, 0) is 17.8 Å². The Morgan fingerprint density at radius 1 is 1.29 bits per heavy atom. The zero-order valence-electron chi connectivity index (χ0n) is 15.2. The molecule has 0 aromatic carbocycles. The summed E-state index contributed by atoms with van der Waals surface area (Å²) in [4.78, 5) is 23.4. The number of thiazole rings is 1. The molecule has 1 aromatic heterocycles. The number of hydrogen-bond acceptors (Lipinski definition) is 5. The molecular weight excluding hydrogens is 320 g/mol. The van der Waals surface area contributed by atoms with Crippen LogP contribution < -0.4 is 5.32 Å². The first-order chi connectivity index (χ1) is 11.6. The first-order valence-corrected chi connectivity index (χ1v) is 10.1. The number of nitrogens with zero attached hydrogens (tertiary/aromatic N) is 3. The third-order valence-electron chi connectivity index (χ3n) is 5.40. The van der Waals surface area contributed by atoms with E-state index in [2.05, 4.69) is 34.1 Å². The van der Waals surface area contributed by atoms with Crippen molar-refractivity contribution in [2.75, 3.05) is 26.7 Å². The minimum atomic E-state index is 0.0671. The Labute approximate surface area is 149 Å². The van der Waals surface area contributed by atoms with Crippen molar-refractivity contribution in [1.82, 2.24) is 20.1 Å². The summed E-state index contributed by atoms with van der Waals surface area (Å²) in [5.74, 6) is 0.208. The summed E-state index contributed by atoms with van der Waals surface area (Å²) >= 11 is 1.71. The van der Waals surface area contributed by atoms with Gasteiger partial charge in [-0.2, -0.15) is 0 Å². The highest BCUT2D eigenvalue weighted by Gasteiger charge is 2.36. The van der Waals surface area contributed by atoms with Crippen LogP contribution in [0.1, 0.15) is 48.2 Å². The third-order valence-corrected chi connectivity index (χ3v) is 6.41. The highest BCUT2D eigenvalue weighted by molar-refractivity contribution is 7.11. The van der Waals surface area contributed by atoms with Crippen molar-refractivity contribution in [2.45, 2.75) is 64.6 Å². The molecule has 0 spiro atoms. The first kappa shape index (κ1) is 17.8. The largest absolute Gasteiger partial charge is 0.350 e. The number of carbonyl (C=O) groups excluding carboxylic acids is 1. The maximum atomic E-state index is 12.8. The maximum Gasteiger partial charge on any atom is 0.237 e. The monoisotopic (exact) mass is 350 g/mol. The van der Waals surface area contributed by atoms with Crippen molar-refractivity contribution in [1.29, 1.82) is 0 Å². The van der Waals surface area contributed by atoms with E-state index in [0.717, 1.165) is 49.6 Å². The standard InChI is InChI=1S/C18H30N4OS/c1-4-15-17(24-13(2)20-15)12-19-18(23)16-6-5-9-22(16)14-7-10-21(3)11-8-14/h14,16H,4-12H2,1-3H3,(H,19,23)/t16-/m0/s1. The van der Waals surface area contributed by atoms with Crippen molar-refractivity contribution in [2.24, 2.45) is 0 Å². The van der Waals surface area contributed by atoms with Crippen LogP contribution >= 0.6 is 11.3 Å². The zero-order chi connectivity index (χ0) is 17.1. The second kappa shape index (κ2) is 7.93. The molecule has 0 radical (unpaired) electrons. The highest BCUT2D eigenvalue weighted by Crippen LogP contribution is 2.26. The molecule has 1 atom stereocenters. The Bertz CT molecular complexity index is 565. The van der Waals surface area contributed by atoms with Gasteiger partial charge in [-0.05, 0) is 65.7 Å².